The Balaban J connectivity index is 3.04. The average Bonchev–Trinajstić information content (AvgIpc) is 2.36. The van der Waals surface area contributed by atoms with Crippen LogP contribution in [0.5, 0.6) is 5.75 Å². The standard InChI is InChI=1S/C13H17BrFNO2/c1-13(2,8-14)16(3)12(17)10-6-5-9(18-4)7-11(10)15/h5-7H,8H2,1-4H3. The highest BCUT2D eigenvalue weighted by molar-refractivity contribution is 9.09. The first-order valence-corrected chi connectivity index (χ1v) is 6.63. The highest BCUT2D eigenvalue weighted by atomic mass is 79.9. The van der Waals surface area contributed by atoms with Crippen LogP contribution in [0.25, 0.3) is 0 Å². The summed E-state index contributed by atoms with van der Waals surface area (Å²) in [5.41, 5.74) is -0.337. The van der Waals surface area contributed by atoms with Crippen molar-refractivity contribution in [3.05, 3.63) is 29.6 Å². The van der Waals surface area contributed by atoms with Crippen LogP contribution >= 0.6 is 15.9 Å². The molecule has 5 heteroatoms. The van der Waals surface area contributed by atoms with Crippen molar-refractivity contribution in [2.45, 2.75) is 19.4 Å². The van der Waals surface area contributed by atoms with Gasteiger partial charge in [-0.3, -0.25) is 4.79 Å². The SMILES string of the molecule is COc1ccc(C(=O)N(C)C(C)(C)CBr)c(F)c1. The van der Waals surface area contributed by atoms with Gasteiger partial charge in [-0.1, -0.05) is 15.9 Å². The Hall–Kier alpha value is -1.10. The number of methoxy groups -OCH3 is 1. The van der Waals surface area contributed by atoms with Gasteiger partial charge < -0.3 is 9.64 Å². The molecule has 18 heavy (non-hydrogen) atoms. The van der Waals surface area contributed by atoms with Gasteiger partial charge in [0.1, 0.15) is 11.6 Å². The lowest BCUT2D eigenvalue weighted by Gasteiger charge is -2.34. The van der Waals surface area contributed by atoms with E-state index in [2.05, 4.69) is 15.9 Å². The van der Waals surface area contributed by atoms with E-state index >= 15 is 0 Å². The molecule has 0 saturated carbocycles. The molecule has 0 fully saturated rings. The summed E-state index contributed by atoms with van der Waals surface area (Å²) in [4.78, 5) is 13.7. The molecule has 0 saturated heterocycles. The summed E-state index contributed by atoms with van der Waals surface area (Å²) >= 11 is 3.35. The molecule has 0 bridgehead atoms. The summed E-state index contributed by atoms with van der Waals surface area (Å²) in [5.74, 6) is -0.525. The van der Waals surface area contributed by atoms with Gasteiger partial charge in [0.15, 0.2) is 0 Å². The van der Waals surface area contributed by atoms with Crippen LogP contribution in [0.3, 0.4) is 0 Å². The number of hydrogen-bond donors (Lipinski definition) is 0. The second kappa shape index (κ2) is 5.69. The van der Waals surface area contributed by atoms with Gasteiger partial charge in [0, 0.05) is 24.0 Å². The Morgan fingerprint density at radius 2 is 2.11 bits per heavy atom. The van der Waals surface area contributed by atoms with Gasteiger partial charge >= 0.3 is 0 Å². The molecule has 3 nitrogen and oxygen atoms in total. The third-order valence-electron chi connectivity index (χ3n) is 2.95. The summed E-state index contributed by atoms with van der Waals surface area (Å²) in [7, 11) is 3.11. The maximum Gasteiger partial charge on any atom is 0.257 e. The fourth-order valence-electron chi connectivity index (χ4n) is 1.34. The van der Waals surface area contributed by atoms with Crippen molar-refractivity contribution in [3.63, 3.8) is 0 Å². The number of nitrogens with zero attached hydrogens (tertiary/aromatic N) is 1. The minimum absolute atomic E-state index is 0.0484. The van der Waals surface area contributed by atoms with Gasteiger partial charge in [-0.15, -0.1) is 0 Å². The van der Waals surface area contributed by atoms with Crippen molar-refractivity contribution >= 4 is 21.8 Å². The second-order valence-corrected chi connectivity index (χ2v) is 5.22. The van der Waals surface area contributed by atoms with E-state index in [1.54, 1.807) is 13.1 Å². The van der Waals surface area contributed by atoms with E-state index < -0.39 is 5.82 Å². The van der Waals surface area contributed by atoms with E-state index in [-0.39, 0.29) is 17.0 Å². The van der Waals surface area contributed by atoms with Crippen molar-refractivity contribution < 1.29 is 13.9 Å². The fourth-order valence-corrected chi connectivity index (χ4v) is 1.72. The first kappa shape index (κ1) is 15.0. The zero-order valence-electron chi connectivity index (χ0n) is 11.0. The van der Waals surface area contributed by atoms with E-state index in [9.17, 15) is 9.18 Å². The van der Waals surface area contributed by atoms with E-state index in [1.807, 2.05) is 13.8 Å². The Bertz CT molecular complexity index is 449. The van der Waals surface area contributed by atoms with Gasteiger partial charge in [0.05, 0.1) is 12.7 Å². The number of carbonyl (C=O) groups is 1. The monoisotopic (exact) mass is 317 g/mol. The summed E-state index contributed by atoms with van der Waals surface area (Å²) in [6.45, 7) is 3.81. The van der Waals surface area contributed by atoms with Crippen molar-refractivity contribution in [1.82, 2.24) is 4.90 Å². The molecule has 100 valence electrons. The first-order valence-electron chi connectivity index (χ1n) is 5.51. The van der Waals surface area contributed by atoms with Crippen molar-refractivity contribution in [2.75, 3.05) is 19.5 Å². The summed E-state index contributed by atoms with van der Waals surface area (Å²) < 4.78 is 18.7. The molecular weight excluding hydrogens is 301 g/mol. The summed E-state index contributed by atoms with van der Waals surface area (Å²) in [6, 6.07) is 4.23. The topological polar surface area (TPSA) is 29.5 Å². The van der Waals surface area contributed by atoms with Crippen LogP contribution in [-0.4, -0.2) is 35.8 Å². The fraction of sp³-hybridized carbons (Fsp3) is 0.462. The number of hydrogen-bond acceptors (Lipinski definition) is 2. The molecule has 0 spiro atoms. The van der Waals surface area contributed by atoms with Gasteiger partial charge in [0.2, 0.25) is 0 Å². The Morgan fingerprint density at radius 1 is 1.50 bits per heavy atom. The first-order chi connectivity index (χ1) is 8.33. The molecular formula is C13H17BrFNO2. The molecule has 0 unspecified atom stereocenters. The summed E-state index contributed by atoms with van der Waals surface area (Å²) in [6.07, 6.45) is 0. The van der Waals surface area contributed by atoms with E-state index in [0.29, 0.717) is 11.1 Å². The van der Waals surface area contributed by atoms with E-state index in [1.165, 1.54) is 24.1 Å². The normalized spacial score (nSPS) is 11.2. The predicted octanol–water partition coefficient (Wildman–Crippen LogP) is 3.08. The average molecular weight is 318 g/mol. The molecule has 0 aliphatic heterocycles. The van der Waals surface area contributed by atoms with Crippen LogP contribution in [0.1, 0.15) is 24.2 Å². The third kappa shape index (κ3) is 3.02. The lowest BCUT2D eigenvalue weighted by Crippen LogP contribution is -2.46. The van der Waals surface area contributed by atoms with Crippen LogP contribution in [-0.2, 0) is 0 Å². The molecule has 0 N–H and O–H groups in total. The minimum atomic E-state index is -0.573. The molecule has 0 aromatic heterocycles. The van der Waals surface area contributed by atoms with E-state index in [0.717, 1.165) is 0 Å². The van der Waals surface area contributed by atoms with Crippen LogP contribution in [0.2, 0.25) is 0 Å². The molecule has 1 aromatic carbocycles. The maximum absolute atomic E-state index is 13.8. The van der Waals surface area contributed by atoms with Crippen LogP contribution in [0.15, 0.2) is 18.2 Å². The van der Waals surface area contributed by atoms with Crippen molar-refractivity contribution in [2.24, 2.45) is 0 Å². The van der Waals surface area contributed by atoms with Crippen molar-refractivity contribution in [1.29, 1.82) is 0 Å². The number of carbonyl (C=O) groups excluding carboxylic acids is 1. The number of benzene rings is 1. The van der Waals surface area contributed by atoms with E-state index in [4.69, 9.17) is 4.74 Å². The molecule has 1 aromatic rings. The molecule has 1 amide bonds. The van der Waals surface area contributed by atoms with Crippen LogP contribution in [0, 0.1) is 5.82 Å². The zero-order valence-corrected chi connectivity index (χ0v) is 12.5. The Morgan fingerprint density at radius 3 is 2.56 bits per heavy atom. The number of ether oxygens (including phenoxy) is 1. The lowest BCUT2D eigenvalue weighted by atomic mass is 10.0. The zero-order chi connectivity index (χ0) is 13.9. The van der Waals surface area contributed by atoms with Crippen LogP contribution < -0.4 is 4.74 Å². The highest BCUT2D eigenvalue weighted by Crippen LogP contribution is 2.22. The van der Waals surface area contributed by atoms with Gasteiger partial charge in [-0.2, -0.15) is 0 Å². The van der Waals surface area contributed by atoms with Gasteiger partial charge in [-0.25, -0.2) is 4.39 Å². The molecule has 0 aliphatic rings. The maximum atomic E-state index is 13.8. The Labute approximate surface area is 115 Å². The smallest absolute Gasteiger partial charge is 0.257 e. The predicted molar refractivity (Wildman–Crippen MR) is 72.9 cm³/mol. The summed E-state index contributed by atoms with van der Waals surface area (Å²) in [5, 5.41) is 0.611. The largest absolute Gasteiger partial charge is 0.497 e. The number of alkyl halides is 1. The molecule has 0 heterocycles. The molecule has 0 atom stereocenters. The van der Waals surface area contributed by atoms with Gasteiger partial charge in [0.25, 0.3) is 5.91 Å². The van der Waals surface area contributed by atoms with Crippen LogP contribution in [0.4, 0.5) is 4.39 Å². The Kier molecular flexibility index (Phi) is 4.73. The molecule has 0 aliphatic carbocycles. The van der Waals surface area contributed by atoms with Crippen molar-refractivity contribution in [3.8, 4) is 5.75 Å². The molecule has 0 radical (unpaired) electrons. The van der Waals surface area contributed by atoms with Gasteiger partial charge in [-0.05, 0) is 26.0 Å². The second-order valence-electron chi connectivity index (χ2n) is 4.66. The quantitative estimate of drug-likeness (QED) is 0.799. The number of amides is 1. The number of halogens is 2. The molecule has 1 rings (SSSR count). The number of rotatable bonds is 4. The third-order valence-corrected chi connectivity index (χ3v) is 4.32. The lowest BCUT2D eigenvalue weighted by molar-refractivity contribution is 0.0659. The highest BCUT2D eigenvalue weighted by Gasteiger charge is 2.28. The minimum Gasteiger partial charge on any atom is -0.497 e.